The van der Waals surface area contributed by atoms with Crippen LogP contribution in [0.25, 0.3) is 0 Å². The van der Waals surface area contributed by atoms with Crippen molar-refractivity contribution < 1.29 is 19.4 Å². The summed E-state index contributed by atoms with van der Waals surface area (Å²) in [6.45, 7) is 3.55. The minimum atomic E-state index is -0.883. The number of carbonyl (C=O) groups is 1. The van der Waals surface area contributed by atoms with Crippen LogP contribution in [0.3, 0.4) is 0 Å². The van der Waals surface area contributed by atoms with Crippen LogP contribution in [0.2, 0.25) is 0 Å². The van der Waals surface area contributed by atoms with Crippen LogP contribution in [0, 0.1) is 0 Å². The highest BCUT2D eigenvalue weighted by Crippen LogP contribution is 2.22. The number of rotatable bonds is 6. The maximum absolute atomic E-state index is 11.0. The third-order valence-electron chi connectivity index (χ3n) is 3.68. The monoisotopic (exact) mass is 258 g/mol. The van der Waals surface area contributed by atoms with E-state index in [1.807, 2.05) is 0 Å². The summed E-state index contributed by atoms with van der Waals surface area (Å²) in [4.78, 5) is 13.4. The molecule has 0 saturated carbocycles. The van der Waals surface area contributed by atoms with Gasteiger partial charge in [-0.05, 0) is 19.4 Å². The van der Waals surface area contributed by atoms with Crippen LogP contribution in [-0.4, -0.2) is 74.1 Å². The van der Waals surface area contributed by atoms with Gasteiger partial charge in [-0.2, -0.15) is 0 Å². The van der Waals surface area contributed by atoms with Crippen LogP contribution in [0.1, 0.15) is 12.8 Å². The number of nitrogens with zero attached hydrogens (tertiary/aromatic N) is 1. The molecule has 18 heavy (non-hydrogen) atoms. The molecule has 0 bridgehead atoms. The third-order valence-corrected chi connectivity index (χ3v) is 3.68. The van der Waals surface area contributed by atoms with Crippen LogP contribution < -0.4 is 5.32 Å². The maximum atomic E-state index is 11.0. The number of nitrogens with one attached hydrogen (secondary N) is 1. The molecule has 0 aromatic rings. The first kappa shape index (κ1) is 13.7. The van der Waals surface area contributed by atoms with Gasteiger partial charge in [-0.1, -0.05) is 0 Å². The van der Waals surface area contributed by atoms with Crippen LogP contribution >= 0.6 is 0 Å². The van der Waals surface area contributed by atoms with E-state index in [9.17, 15) is 4.79 Å². The zero-order chi connectivity index (χ0) is 13.0. The molecule has 0 aromatic heterocycles. The van der Waals surface area contributed by atoms with Crippen LogP contribution in [0.5, 0.6) is 0 Å². The van der Waals surface area contributed by atoms with E-state index in [0.717, 1.165) is 19.7 Å². The molecule has 2 aliphatic rings. The van der Waals surface area contributed by atoms with E-state index in [1.54, 1.807) is 0 Å². The molecule has 2 aliphatic heterocycles. The number of carboxylic acid groups (broad SMARTS) is 1. The zero-order valence-corrected chi connectivity index (χ0v) is 10.8. The average Bonchev–Trinajstić information content (AvgIpc) is 2.81. The number of methoxy groups -OCH3 is 1. The van der Waals surface area contributed by atoms with Gasteiger partial charge in [0.25, 0.3) is 0 Å². The highest BCUT2D eigenvalue weighted by atomic mass is 16.5. The van der Waals surface area contributed by atoms with Gasteiger partial charge >= 0.3 is 5.97 Å². The van der Waals surface area contributed by atoms with E-state index in [0.29, 0.717) is 12.6 Å². The number of carboxylic acids is 1. The molecule has 0 radical (unpaired) electrons. The summed E-state index contributed by atoms with van der Waals surface area (Å²) in [5.41, 5.74) is 0. The molecule has 2 fully saturated rings. The topological polar surface area (TPSA) is 71.0 Å². The van der Waals surface area contributed by atoms with E-state index in [4.69, 9.17) is 14.6 Å². The average molecular weight is 258 g/mol. The molecule has 0 amide bonds. The number of aliphatic carboxylic acids is 1. The van der Waals surface area contributed by atoms with Gasteiger partial charge in [0.2, 0.25) is 0 Å². The first-order valence-corrected chi connectivity index (χ1v) is 6.51. The number of ether oxygens (including phenoxy) is 2. The number of hydrogen-bond acceptors (Lipinski definition) is 5. The van der Waals surface area contributed by atoms with Gasteiger partial charge in [0.1, 0.15) is 6.04 Å². The normalized spacial score (nSPS) is 30.1. The fourth-order valence-electron chi connectivity index (χ4n) is 2.67. The standard InChI is InChI=1S/C12H22N2O4/c1-17-8-11(12(15)16)13-5-10-6-14-4-2-3-9(14)7-18-10/h9-11,13H,2-8H2,1H3,(H,15,16). The minimum Gasteiger partial charge on any atom is -0.480 e. The summed E-state index contributed by atoms with van der Waals surface area (Å²) in [6.07, 6.45) is 2.55. The Hall–Kier alpha value is -0.690. The molecule has 104 valence electrons. The van der Waals surface area contributed by atoms with Gasteiger partial charge in [-0.15, -0.1) is 0 Å². The van der Waals surface area contributed by atoms with Crippen molar-refractivity contribution in [2.45, 2.75) is 31.0 Å². The molecule has 2 rings (SSSR count). The molecule has 6 heteroatoms. The molecule has 0 aliphatic carbocycles. The minimum absolute atomic E-state index is 0.0815. The summed E-state index contributed by atoms with van der Waals surface area (Å²) in [6, 6.07) is -0.0783. The van der Waals surface area contributed by atoms with Crippen molar-refractivity contribution in [1.82, 2.24) is 10.2 Å². The Morgan fingerprint density at radius 3 is 3.22 bits per heavy atom. The lowest BCUT2D eigenvalue weighted by molar-refractivity contribution is -0.141. The molecule has 2 N–H and O–H groups in total. The van der Waals surface area contributed by atoms with Gasteiger partial charge < -0.3 is 14.6 Å². The SMILES string of the molecule is COCC(NCC1CN2CCCC2CO1)C(=O)O. The Labute approximate surface area is 107 Å². The smallest absolute Gasteiger partial charge is 0.323 e. The Morgan fingerprint density at radius 2 is 2.50 bits per heavy atom. The number of fused-ring (bicyclic) bond motifs is 1. The third kappa shape index (κ3) is 3.41. The van der Waals surface area contributed by atoms with E-state index >= 15 is 0 Å². The van der Waals surface area contributed by atoms with Crippen LogP contribution in [0.4, 0.5) is 0 Å². The summed E-state index contributed by atoms with van der Waals surface area (Å²) < 4.78 is 10.6. The predicted octanol–water partition coefficient (Wildman–Crippen LogP) is -0.461. The van der Waals surface area contributed by atoms with Crippen LogP contribution in [0.15, 0.2) is 0 Å². The highest BCUT2D eigenvalue weighted by molar-refractivity contribution is 5.73. The maximum Gasteiger partial charge on any atom is 0.323 e. The molecule has 3 atom stereocenters. The van der Waals surface area contributed by atoms with Gasteiger partial charge in [0, 0.05) is 26.2 Å². The van der Waals surface area contributed by atoms with Crippen molar-refractivity contribution in [3.8, 4) is 0 Å². The lowest BCUT2D eigenvalue weighted by Crippen LogP contribution is -2.52. The number of morpholine rings is 1. The lowest BCUT2D eigenvalue weighted by atomic mass is 10.2. The fraction of sp³-hybridized carbons (Fsp3) is 0.917. The molecule has 0 spiro atoms. The molecule has 6 nitrogen and oxygen atoms in total. The zero-order valence-electron chi connectivity index (χ0n) is 10.8. The Bertz CT molecular complexity index is 287. The second-order valence-corrected chi connectivity index (χ2v) is 5.00. The predicted molar refractivity (Wildman–Crippen MR) is 65.6 cm³/mol. The van der Waals surface area contributed by atoms with Crippen molar-refractivity contribution in [2.24, 2.45) is 0 Å². The Balaban J connectivity index is 1.74. The highest BCUT2D eigenvalue weighted by Gasteiger charge is 2.32. The Morgan fingerprint density at radius 1 is 1.67 bits per heavy atom. The summed E-state index contributed by atoms with van der Waals surface area (Å²) in [5.74, 6) is -0.883. The van der Waals surface area contributed by atoms with Gasteiger partial charge in [-0.3, -0.25) is 15.0 Å². The molecular formula is C12H22N2O4. The van der Waals surface area contributed by atoms with Gasteiger partial charge in [0.05, 0.1) is 19.3 Å². The largest absolute Gasteiger partial charge is 0.480 e. The molecule has 2 heterocycles. The molecule has 3 unspecified atom stereocenters. The van der Waals surface area contributed by atoms with Crippen molar-refractivity contribution >= 4 is 5.97 Å². The first-order valence-electron chi connectivity index (χ1n) is 6.51. The fourth-order valence-corrected chi connectivity index (χ4v) is 2.67. The summed E-state index contributed by atoms with van der Waals surface area (Å²) in [5, 5.41) is 12.0. The van der Waals surface area contributed by atoms with Crippen molar-refractivity contribution in [2.75, 3.05) is 40.0 Å². The van der Waals surface area contributed by atoms with Crippen molar-refractivity contribution in [3.63, 3.8) is 0 Å². The van der Waals surface area contributed by atoms with Gasteiger partial charge in [-0.25, -0.2) is 0 Å². The lowest BCUT2D eigenvalue weighted by Gasteiger charge is -2.35. The summed E-state index contributed by atoms with van der Waals surface area (Å²) >= 11 is 0. The first-order chi connectivity index (χ1) is 8.70. The van der Waals surface area contributed by atoms with Crippen molar-refractivity contribution in [1.29, 1.82) is 0 Å². The van der Waals surface area contributed by atoms with E-state index < -0.39 is 12.0 Å². The second kappa shape index (κ2) is 6.47. The van der Waals surface area contributed by atoms with Crippen molar-refractivity contribution in [3.05, 3.63) is 0 Å². The van der Waals surface area contributed by atoms with Crippen LogP contribution in [-0.2, 0) is 14.3 Å². The van der Waals surface area contributed by atoms with E-state index in [1.165, 1.54) is 20.0 Å². The Kier molecular flexibility index (Phi) is 4.94. The molecule has 0 aromatic carbocycles. The quantitative estimate of drug-likeness (QED) is 0.672. The second-order valence-electron chi connectivity index (χ2n) is 5.00. The van der Waals surface area contributed by atoms with E-state index in [-0.39, 0.29) is 12.7 Å². The number of hydrogen-bond donors (Lipinski definition) is 2. The van der Waals surface area contributed by atoms with Gasteiger partial charge in [0.15, 0.2) is 0 Å². The van der Waals surface area contributed by atoms with E-state index in [2.05, 4.69) is 10.2 Å². The molecular weight excluding hydrogens is 236 g/mol. The molecule has 2 saturated heterocycles. The summed E-state index contributed by atoms with van der Waals surface area (Å²) in [7, 11) is 1.50.